The second-order valence-corrected chi connectivity index (χ2v) is 9.57. The van der Waals surface area contributed by atoms with Gasteiger partial charge in [0.15, 0.2) is 5.75 Å². The Kier molecular flexibility index (Phi) is 5.43. The summed E-state index contributed by atoms with van der Waals surface area (Å²) in [5, 5.41) is 10.8. The van der Waals surface area contributed by atoms with E-state index in [1.54, 1.807) is 12.1 Å². The second kappa shape index (κ2) is 7.89. The van der Waals surface area contributed by atoms with Crippen LogP contribution in [0.1, 0.15) is 5.56 Å². The maximum atomic E-state index is 12.7. The van der Waals surface area contributed by atoms with Crippen LogP contribution in [0.4, 0.5) is 5.69 Å². The van der Waals surface area contributed by atoms with Crippen LogP contribution in [0.25, 0.3) is 22.1 Å². The first-order valence-electron chi connectivity index (χ1n) is 8.43. The first-order valence-corrected chi connectivity index (χ1v) is 11.6. The SMILES string of the molecule is O=[N+]([O-])c1ccc(CS(=O)(=O)Oc2c(Br)cc(Br)c3nc4ccccc4nc23)cc1. The molecule has 0 saturated carbocycles. The summed E-state index contributed by atoms with van der Waals surface area (Å²) in [5.74, 6) is -0.441. The fourth-order valence-corrected chi connectivity index (χ4v) is 5.34. The molecule has 0 bridgehead atoms. The smallest absolute Gasteiger partial charge is 0.313 e. The summed E-state index contributed by atoms with van der Waals surface area (Å²) in [7, 11) is -4.08. The number of benzene rings is 3. The van der Waals surface area contributed by atoms with Crippen molar-refractivity contribution >= 4 is 69.7 Å². The summed E-state index contributed by atoms with van der Waals surface area (Å²) >= 11 is 6.76. The van der Waals surface area contributed by atoms with E-state index in [0.29, 0.717) is 31.1 Å². The quantitative estimate of drug-likeness (QED) is 0.146. The number of para-hydroxylation sites is 2. The molecule has 0 aliphatic rings. The van der Waals surface area contributed by atoms with Crippen LogP contribution in [-0.2, 0) is 15.9 Å². The molecule has 0 radical (unpaired) electrons. The lowest BCUT2D eigenvalue weighted by Crippen LogP contribution is -2.13. The van der Waals surface area contributed by atoms with Gasteiger partial charge in [0.05, 0.1) is 20.4 Å². The van der Waals surface area contributed by atoms with Crippen LogP contribution >= 0.6 is 31.9 Å². The Morgan fingerprint density at radius 1 is 0.933 bits per heavy atom. The van der Waals surface area contributed by atoms with E-state index >= 15 is 0 Å². The van der Waals surface area contributed by atoms with Gasteiger partial charge in [-0.1, -0.05) is 24.3 Å². The van der Waals surface area contributed by atoms with Crippen molar-refractivity contribution in [2.75, 3.05) is 0 Å². The van der Waals surface area contributed by atoms with Crippen molar-refractivity contribution in [2.45, 2.75) is 5.75 Å². The van der Waals surface area contributed by atoms with Gasteiger partial charge in [-0.25, -0.2) is 9.97 Å². The largest absolute Gasteiger partial charge is 0.379 e. The fourth-order valence-electron chi connectivity index (χ4n) is 2.84. The second-order valence-electron chi connectivity index (χ2n) is 6.29. The molecule has 0 fully saturated rings. The van der Waals surface area contributed by atoms with Crippen LogP contribution in [0.15, 0.2) is 63.5 Å². The molecule has 0 aliphatic heterocycles. The standard InChI is InChI=1S/C19H11Br2N3O5S/c20-13-9-14(21)19(18-17(13)22-15-3-1-2-4-16(15)23-18)29-30(27,28)10-11-5-7-12(8-6-11)24(25)26/h1-9H,10H2. The van der Waals surface area contributed by atoms with Gasteiger partial charge in [0, 0.05) is 16.6 Å². The van der Waals surface area contributed by atoms with E-state index in [-0.39, 0.29) is 17.0 Å². The Bertz CT molecular complexity index is 1410. The van der Waals surface area contributed by atoms with Crippen LogP contribution in [0.3, 0.4) is 0 Å². The maximum Gasteiger partial charge on any atom is 0.313 e. The molecule has 0 saturated heterocycles. The average molecular weight is 553 g/mol. The summed E-state index contributed by atoms with van der Waals surface area (Å²) in [6.45, 7) is 0. The zero-order valence-electron chi connectivity index (χ0n) is 15.0. The van der Waals surface area contributed by atoms with Crippen LogP contribution in [-0.4, -0.2) is 23.3 Å². The van der Waals surface area contributed by atoms with Crippen LogP contribution in [0.2, 0.25) is 0 Å². The van der Waals surface area contributed by atoms with E-state index in [1.165, 1.54) is 24.3 Å². The van der Waals surface area contributed by atoms with E-state index in [2.05, 4.69) is 41.8 Å². The van der Waals surface area contributed by atoms with Crippen molar-refractivity contribution in [3.63, 3.8) is 0 Å². The highest BCUT2D eigenvalue weighted by Gasteiger charge is 2.22. The van der Waals surface area contributed by atoms with E-state index in [4.69, 9.17) is 4.18 Å². The average Bonchev–Trinajstić information content (AvgIpc) is 2.70. The number of fused-ring (bicyclic) bond motifs is 2. The maximum absolute atomic E-state index is 12.7. The molecule has 1 aromatic heterocycles. The zero-order chi connectivity index (χ0) is 21.5. The summed E-state index contributed by atoms with van der Waals surface area (Å²) in [4.78, 5) is 19.3. The molecule has 8 nitrogen and oxygen atoms in total. The van der Waals surface area contributed by atoms with Gasteiger partial charge in [-0.05, 0) is 55.6 Å². The number of nitro benzene ring substituents is 1. The molecule has 3 aromatic carbocycles. The van der Waals surface area contributed by atoms with E-state index in [1.807, 2.05) is 18.2 Å². The van der Waals surface area contributed by atoms with Gasteiger partial charge in [-0.15, -0.1) is 0 Å². The van der Waals surface area contributed by atoms with E-state index in [9.17, 15) is 18.5 Å². The Morgan fingerprint density at radius 2 is 1.53 bits per heavy atom. The first-order chi connectivity index (χ1) is 14.2. The first kappa shape index (κ1) is 20.6. The van der Waals surface area contributed by atoms with E-state index < -0.39 is 20.8 Å². The molecule has 0 unspecified atom stereocenters. The van der Waals surface area contributed by atoms with Crippen molar-refractivity contribution in [3.8, 4) is 5.75 Å². The highest BCUT2D eigenvalue weighted by atomic mass is 79.9. The van der Waals surface area contributed by atoms with Crippen LogP contribution < -0.4 is 4.18 Å². The molecule has 4 aromatic rings. The lowest BCUT2D eigenvalue weighted by molar-refractivity contribution is -0.384. The molecule has 0 aliphatic carbocycles. The van der Waals surface area contributed by atoms with E-state index in [0.717, 1.165) is 0 Å². The molecule has 0 N–H and O–H groups in total. The number of aromatic nitrogens is 2. The van der Waals surface area contributed by atoms with Gasteiger partial charge < -0.3 is 4.18 Å². The minimum atomic E-state index is -4.08. The molecule has 0 amide bonds. The summed E-state index contributed by atoms with van der Waals surface area (Å²) in [6, 6.07) is 14.1. The molecule has 1 heterocycles. The van der Waals surface area contributed by atoms with Gasteiger partial charge in [0.2, 0.25) is 0 Å². The number of halogens is 2. The number of nitrogens with zero attached hydrogens (tertiary/aromatic N) is 3. The molecule has 0 atom stereocenters. The van der Waals surface area contributed by atoms with Gasteiger partial charge in [0.25, 0.3) is 5.69 Å². The minimum Gasteiger partial charge on any atom is -0.379 e. The predicted octanol–water partition coefficient (Wildman–Crippen LogP) is 5.13. The molecule has 30 heavy (non-hydrogen) atoms. The Hall–Kier alpha value is -2.63. The molecule has 152 valence electrons. The number of hydrogen-bond donors (Lipinski definition) is 0. The topological polar surface area (TPSA) is 112 Å². The summed E-state index contributed by atoms with van der Waals surface area (Å²) in [5.41, 5.74) is 2.22. The lowest BCUT2D eigenvalue weighted by Gasteiger charge is -2.12. The minimum absolute atomic E-state index is 0.0216. The predicted molar refractivity (Wildman–Crippen MR) is 119 cm³/mol. The third kappa shape index (κ3) is 4.13. The lowest BCUT2D eigenvalue weighted by atomic mass is 10.2. The summed E-state index contributed by atoms with van der Waals surface area (Å²) < 4.78 is 31.8. The Balaban J connectivity index is 1.75. The van der Waals surface area contributed by atoms with Gasteiger partial charge in [-0.2, -0.15) is 8.42 Å². The fraction of sp³-hybridized carbons (Fsp3) is 0.0526. The van der Waals surface area contributed by atoms with Crippen molar-refractivity contribution in [3.05, 3.63) is 79.2 Å². The number of nitro groups is 1. The monoisotopic (exact) mass is 551 g/mol. The van der Waals surface area contributed by atoms with Crippen molar-refractivity contribution in [2.24, 2.45) is 0 Å². The molecule has 4 rings (SSSR count). The summed E-state index contributed by atoms with van der Waals surface area (Å²) in [6.07, 6.45) is 0. The third-order valence-corrected chi connectivity index (χ3v) is 6.48. The number of hydrogen-bond acceptors (Lipinski definition) is 7. The Morgan fingerprint density at radius 3 is 2.13 bits per heavy atom. The molecular formula is C19H11Br2N3O5S. The van der Waals surface area contributed by atoms with Crippen molar-refractivity contribution in [1.82, 2.24) is 9.97 Å². The normalized spacial score (nSPS) is 11.7. The third-order valence-electron chi connectivity index (χ3n) is 4.18. The van der Waals surface area contributed by atoms with Crippen LogP contribution in [0.5, 0.6) is 5.75 Å². The van der Waals surface area contributed by atoms with Crippen molar-refractivity contribution in [1.29, 1.82) is 0 Å². The zero-order valence-corrected chi connectivity index (χ0v) is 18.9. The number of rotatable bonds is 5. The highest BCUT2D eigenvalue weighted by Crippen LogP contribution is 2.38. The molecular weight excluding hydrogens is 542 g/mol. The number of non-ortho nitro benzene ring substituents is 1. The molecule has 11 heteroatoms. The van der Waals surface area contributed by atoms with Gasteiger partial charge in [0.1, 0.15) is 16.8 Å². The van der Waals surface area contributed by atoms with Crippen LogP contribution in [0, 0.1) is 10.1 Å². The Labute approximate surface area is 187 Å². The highest BCUT2D eigenvalue weighted by molar-refractivity contribution is 9.11. The van der Waals surface area contributed by atoms with Gasteiger partial charge in [-0.3, -0.25) is 10.1 Å². The van der Waals surface area contributed by atoms with Crippen molar-refractivity contribution < 1.29 is 17.5 Å². The van der Waals surface area contributed by atoms with Gasteiger partial charge >= 0.3 is 10.1 Å². The molecule has 0 spiro atoms.